The second-order valence-corrected chi connectivity index (χ2v) is 6.98. The molecule has 100 valence electrons. The monoisotopic (exact) mass is 264 g/mol. The van der Waals surface area contributed by atoms with Crippen LogP contribution in [0.4, 0.5) is 5.69 Å². The maximum absolute atomic E-state index is 3.26. The van der Waals surface area contributed by atoms with Crippen molar-refractivity contribution in [3.8, 4) is 0 Å². The number of nitrogens with zero attached hydrogens (tertiary/aromatic N) is 1. The number of thioether (sulfide) groups is 1. The molecular weight excluding hydrogens is 240 g/mol. The van der Waals surface area contributed by atoms with E-state index in [2.05, 4.69) is 49.2 Å². The summed E-state index contributed by atoms with van der Waals surface area (Å²) >= 11 is 1.99. The molecule has 2 rings (SSSR count). The fraction of sp³-hybridized carbons (Fsp3) is 0.600. The van der Waals surface area contributed by atoms with Gasteiger partial charge in [0.2, 0.25) is 0 Å². The van der Waals surface area contributed by atoms with Gasteiger partial charge in [0, 0.05) is 30.3 Å². The Morgan fingerprint density at radius 2 is 2.11 bits per heavy atom. The molecule has 0 saturated carbocycles. The van der Waals surface area contributed by atoms with Crippen LogP contribution >= 0.6 is 11.8 Å². The number of hydrogen-bond acceptors (Lipinski definition) is 3. The first kappa shape index (κ1) is 13.8. The molecule has 3 heteroatoms. The number of hydrogen-bond donors (Lipinski definition) is 1. The van der Waals surface area contributed by atoms with Crippen molar-refractivity contribution in [2.24, 2.45) is 0 Å². The fourth-order valence-electron chi connectivity index (χ4n) is 2.42. The lowest BCUT2D eigenvalue weighted by Gasteiger charge is -2.36. The van der Waals surface area contributed by atoms with Crippen LogP contribution in [0, 0.1) is 0 Å². The van der Waals surface area contributed by atoms with Crippen LogP contribution in [0.15, 0.2) is 23.1 Å². The highest BCUT2D eigenvalue weighted by Gasteiger charge is 2.25. The van der Waals surface area contributed by atoms with Crippen LogP contribution in [0.25, 0.3) is 0 Å². The quantitative estimate of drug-likeness (QED) is 0.903. The van der Waals surface area contributed by atoms with Crippen LogP contribution in [0.2, 0.25) is 0 Å². The van der Waals surface area contributed by atoms with Crippen molar-refractivity contribution < 1.29 is 0 Å². The number of fused-ring (bicyclic) bond motifs is 1. The summed E-state index contributed by atoms with van der Waals surface area (Å²) < 4.78 is 0. The topological polar surface area (TPSA) is 15.3 Å². The third-order valence-electron chi connectivity index (χ3n) is 3.37. The fourth-order valence-corrected chi connectivity index (χ4v) is 3.50. The Morgan fingerprint density at radius 1 is 1.33 bits per heavy atom. The molecule has 1 aliphatic heterocycles. The molecule has 2 nitrogen and oxygen atoms in total. The van der Waals surface area contributed by atoms with Gasteiger partial charge in [-0.1, -0.05) is 32.9 Å². The van der Waals surface area contributed by atoms with Gasteiger partial charge in [-0.2, -0.15) is 0 Å². The van der Waals surface area contributed by atoms with Crippen molar-refractivity contribution in [3.05, 3.63) is 23.8 Å². The molecule has 1 aliphatic rings. The molecule has 0 amide bonds. The first-order valence-electron chi connectivity index (χ1n) is 6.70. The summed E-state index contributed by atoms with van der Waals surface area (Å²) in [5.74, 6) is 1.20. The molecule has 1 aromatic rings. The molecule has 0 bridgehead atoms. The highest BCUT2D eigenvalue weighted by molar-refractivity contribution is 7.99. The number of benzene rings is 1. The minimum atomic E-state index is 0.209. The first-order valence-corrected chi connectivity index (χ1v) is 7.68. The van der Waals surface area contributed by atoms with Crippen LogP contribution in [-0.4, -0.2) is 32.4 Å². The Hall–Kier alpha value is -0.670. The number of rotatable bonds is 3. The minimum absolute atomic E-state index is 0.209. The highest BCUT2D eigenvalue weighted by Crippen LogP contribution is 2.41. The highest BCUT2D eigenvalue weighted by atomic mass is 32.2. The van der Waals surface area contributed by atoms with E-state index in [1.807, 2.05) is 18.8 Å². The first-order chi connectivity index (χ1) is 8.54. The van der Waals surface area contributed by atoms with Gasteiger partial charge in [-0.15, -0.1) is 11.8 Å². The van der Waals surface area contributed by atoms with Crippen LogP contribution in [0.5, 0.6) is 0 Å². The standard InChI is InChI=1S/C15H24N2S/c1-15(2,3)12-6-5-7-13-14(12)17(9-8-16-4)10-11-18-13/h5-7,16H,8-11H2,1-4H3. The molecule has 0 radical (unpaired) electrons. The van der Waals surface area contributed by atoms with Crippen LogP contribution in [-0.2, 0) is 5.41 Å². The average Bonchev–Trinajstić information content (AvgIpc) is 2.34. The van der Waals surface area contributed by atoms with Crippen LogP contribution in [0.3, 0.4) is 0 Å². The normalized spacial score (nSPS) is 15.7. The number of anilines is 1. The van der Waals surface area contributed by atoms with E-state index in [0.717, 1.165) is 19.6 Å². The van der Waals surface area contributed by atoms with Gasteiger partial charge < -0.3 is 10.2 Å². The van der Waals surface area contributed by atoms with Crippen LogP contribution < -0.4 is 10.2 Å². The van der Waals surface area contributed by atoms with E-state index in [0.29, 0.717) is 0 Å². The smallest absolute Gasteiger partial charge is 0.0543 e. The van der Waals surface area contributed by atoms with E-state index < -0.39 is 0 Å². The molecule has 0 saturated heterocycles. The molecule has 0 fully saturated rings. The summed E-state index contributed by atoms with van der Waals surface area (Å²) in [6.45, 7) is 10.2. The van der Waals surface area contributed by atoms with Gasteiger partial charge in [-0.25, -0.2) is 0 Å². The van der Waals surface area contributed by atoms with Crippen molar-refractivity contribution in [2.75, 3.05) is 37.3 Å². The van der Waals surface area contributed by atoms with Gasteiger partial charge in [-0.3, -0.25) is 0 Å². The number of likely N-dealkylation sites (N-methyl/N-ethyl adjacent to an activating group) is 1. The van der Waals surface area contributed by atoms with Crippen LogP contribution in [0.1, 0.15) is 26.3 Å². The Kier molecular flexibility index (Phi) is 4.23. The Morgan fingerprint density at radius 3 is 2.78 bits per heavy atom. The number of nitrogens with one attached hydrogen (secondary N) is 1. The van der Waals surface area contributed by atoms with E-state index in [1.54, 1.807) is 0 Å². The molecule has 0 aliphatic carbocycles. The van der Waals surface area contributed by atoms with E-state index >= 15 is 0 Å². The lowest BCUT2D eigenvalue weighted by atomic mass is 9.85. The van der Waals surface area contributed by atoms with Gasteiger partial charge in [0.1, 0.15) is 0 Å². The molecule has 0 aromatic heterocycles. The van der Waals surface area contributed by atoms with E-state index in [4.69, 9.17) is 0 Å². The summed E-state index contributed by atoms with van der Waals surface area (Å²) in [5, 5.41) is 3.26. The molecule has 1 heterocycles. The van der Waals surface area contributed by atoms with Crippen molar-refractivity contribution in [2.45, 2.75) is 31.1 Å². The molecular formula is C15H24N2S. The maximum atomic E-state index is 3.26. The largest absolute Gasteiger partial charge is 0.368 e. The lowest BCUT2D eigenvalue weighted by molar-refractivity contribution is 0.583. The van der Waals surface area contributed by atoms with Gasteiger partial charge in [0.05, 0.1) is 5.69 Å². The summed E-state index contributed by atoms with van der Waals surface area (Å²) in [5.41, 5.74) is 3.15. The summed E-state index contributed by atoms with van der Waals surface area (Å²) in [4.78, 5) is 3.99. The zero-order valence-corrected chi connectivity index (χ0v) is 12.7. The molecule has 1 aromatic carbocycles. The third-order valence-corrected chi connectivity index (χ3v) is 4.40. The van der Waals surface area contributed by atoms with Crippen molar-refractivity contribution in [1.82, 2.24) is 5.32 Å². The SMILES string of the molecule is CNCCN1CCSc2cccc(C(C)(C)C)c21. The maximum Gasteiger partial charge on any atom is 0.0543 e. The Balaban J connectivity index is 2.40. The third kappa shape index (κ3) is 2.83. The minimum Gasteiger partial charge on any atom is -0.368 e. The van der Waals surface area contributed by atoms with E-state index in [9.17, 15) is 0 Å². The predicted octanol–water partition coefficient (Wildman–Crippen LogP) is 3.12. The van der Waals surface area contributed by atoms with Gasteiger partial charge in [0.15, 0.2) is 0 Å². The van der Waals surface area contributed by atoms with Gasteiger partial charge in [-0.05, 0) is 24.1 Å². The molecule has 18 heavy (non-hydrogen) atoms. The molecule has 0 unspecified atom stereocenters. The Bertz CT molecular complexity index is 409. The average molecular weight is 264 g/mol. The van der Waals surface area contributed by atoms with Gasteiger partial charge >= 0.3 is 0 Å². The lowest BCUT2D eigenvalue weighted by Crippen LogP contribution is -2.36. The molecule has 0 spiro atoms. The molecule has 0 atom stereocenters. The van der Waals surface area contributed by atoms with Gasteiger partial charge in [0.25, 0.3) is 0 Å². The zero-order chi connectivity index (χ0) is 13.2. The van der Waals surface area contributed by atoms with Crippen molar-refractivity contribution >= 4 is 17.4 Å². The zero-order valence-electron chi connectivity index (χ0n) is 11.9. The second kappa shape index (κ2) is 5.54. The van der Waals surface area contributed by atoms with E-state index in [-0.39, 0.29) is 5.41 Å². The van der Waals surface area contributed by atoms with Crippen molar-refractivity contribution in [3.63, 3.8) is 0 Å². The van der Waals surface area contributed by atoms with E-state index in [1.165, 1.54) is 21.9 Å². The Labute approximate surface area is 115 Å². The summed E-state index contributed by atoms with van der Waals surface area (Å²) in [6, 6.07) is 6.76. The molecule has 1 N–H and O–H groups in total. The number of para-hydroxylation sites is 1. The second-order valence-electron chi connectivity index (χ2n) is 5.84. The predicted molar refractivity (Wildman–Crippen MR) is 82.0 cm³/mol. The van der Waals surface area contributed by atoms with Crippen molar-refractivity contribution in [1.29, 1.82) is 0 Å². The summed E-state index contributed by atoms with van der Waals surface area (Å²) in [7, 11) is 2.02. The summed E-state index contributed by atoms with van der Waals surface area (Å²) in [6.07, 6.45) is 0.